The van der Waals surface area contributed by atoms with Crippen LogP contribution in [0.1, 0.15) is 5.56 Å². The van der Waals surface area contributed by atoms with Crippen LogP contribution in [0.25, 0.3) is 0 Å². The zero-order valence-electron chi connectivity index (χ0n) is 10.2. The van der Waals surface area contributed by atoms with Gasteiger partial charge in [0.15, 0.2) is 0 Å². The Balaban J connectivity index is 2.46. The van der Waals surface area contributed by atoms with Gasteiger partial charge in [0.05, 0.1) is 15.6 Å². The Kier molecular flexibility index (Phi) is 3.57. The van der Waals surface area contributed by atoms with Gasteiger partial charge in [0, 0.05) is 0 Å². The molecule has 0 atom stereocenters. The highest BCUT2D eigenvalue weighted by Crippen LogP contribution is 2.34. The Morgan fingerprint density at radius 2 is 2.00 bits per heavy atom. The van der Waals surface area contributed by atoms with E-state index in [1.165, 1.54) is 6.07 Å². The Hall–Kier alpha value is -2.27. The molecular formula is C13H12ClN3O2. The standard InChI is InChI=1S/C13H12ClN3O2/c1-8-5-6-9(14)12(7-8)16-11-4-2-3-10(15)13(11)17(18)19/h2-7,16H,15H2,1H3. The molecule has 98 valence electrons. The van der Waals surface area contributed by atoms with Gasteiger partial charge in [-0.3, -0.25) is 10.1 Å². The fourth-order valence-corrected chi connectivity index (χ4v) is 1.91. The van der Waals surface area contributed by atoms with Crippen molar-refractivity contribution in [2.24, 2.45) is 0 Å². The van der Waals surface area contributed by atoms with Gasteiger partial charge >= 0.3 is 5.69 Å². The van der Waals surface area contributed by atoms with Gasteiger partial charge in [0.1, 0.15) is 11.4 Å². The topological polar surface area (TPSA) is 81.2 Å². The molecule has 0 aliphatic heterocycles. The van der Waals surface area contributed by atoms with Crippen LogP contribution in [0.5, 0.6) is 0 Å². The summed E-state index contributed by atoms with van der Waals surface area (Å²) in [5, 5.41) is 14.5. The summed E-state index contributed by atoms with van der Waals surface area (Å²) in [4.78, 5) is 10.5. The van der Waals surface area contributed by atoms with Gasteiger partial charge in [-0.2, -0.15) is 0 Å². The second-order valence-electron chi connectivity index (χ2n) is 4.11. The molecule has 0 fully saturated rings. The van der Waals surface area contributed by atoms with Crippen LogP contribution >= 0.6 is 11.6 Å². The zero-order chi connectivity index (χ0) is 14.0. The van der Waals surface area contributed by atoms with E-state index < -0.39 is 4.92 Å². The lowest BCUT2D eigenvalue weighted by Gasteiger charge is -2.10. The van der Waals surface area contributed by atoms with Gasteiger partial charge in [-0.1, -0.05) is 23.7 Å². The van der Waals surface area contributed by atoms with Crippen molar-refractivity contribution in [2.75, 3.05) is 11.1 Å². The third-order valence-corrected chi connectivity index (χ3v) is 2.97. The van der Waals surface area contributed by atoms with Crippen LogP contribution in [-0.4, -0.2) is 4.92 Å². The normalized spacial score (nSPS) is 10.2. The number of hydrogen-bond donors (Lipinski definition) is 2. The van der Waals surface area contributed by atoms with Gasteiger partial charge < -0.3 is 11.1 Å². The average molecular weight is 278 g/mol. The van der Waals surface area contributed by atoms with Gasteiger partial charge in [0.2, 0.25) is 0 Å². The predicted molar refractivity (Wildman–Crippen MR) is 77.0 cm³/mol. The number of nitro groups is 1. The monoisotopic (exact) mass is 277 g/mol. The molecule has 0 saturated heterocycles. The number of aryl methyl sites for hydroxylation is 1. The fourth-order valence-electron chi connectivity index (χ4n) is 1.75. The zero-order valence-corrected chi connectivity index (χ0v) is 10.9. The van der Waals surface area contributed by atoms with E-state index in [2.05, 4.69) is 5.32 Å². The first-order chi connectivity index (χ1) is 8.99. The van der Waals surface area contributed by atoms with Crippen molar-refractivity contribution in [1.82, 2.24) is 0 Å². The number of nitrogens with zero attached hydrogens (tertiary/aromatic N) is 1. The summed E-state index contributed by atoms with van der Waals surface area (Å²) < 4.78 is 0. The first kappa shape index (κ1) is 13.2. The first-order valence-corrected chi connectivity index (χ1v) is 5.93. The highest BCUT2D eigenvalue weighted by Gasteiger charge is 2.18. The SMILES string of the molecule is Cc1ccc(Cl)c(Nc2cccc(N)c2[N+](=O)[O-])c1. The van der Waals surface area contributed by atoms with Crippen LogP contribution in [0.2, 0.25) is 5.02 Å². The molecule has 0 unspecified atom stereocenters. The summed E-state index contributed by atoms with van der Waals surface area (Å²) >= 11 is 6.05. The number of para-hydroxylation sites is 1. The molecule has 5 nitrogen and oxygen atoms in total. The highest BCUT2D eigenvalue weighted by molar-refractivity contribution is 6.33. The van der Waals surface area contributed by atoms with E-state index in [0.29, 0.717) is 16.4 Å². The fraction of sp³-hybridized carbons (Fsp3) is 0.0769. The number of nitrogen functional groups attached to an aromatic ring is 1. The lowest BCUT2D eigenvalue weighted by Crippen LogP contribution is -2.01. The molecule has 3 N–H and O–H groups in total. The minimum Gasteiger partial charge on any atom is -0.393 e. The van der Waals surface area contributed by atoms with E-state index in [1.54, 1.807) is 18.2 Å². The third-order valence-electron chi connectivity index (χ3n) is 2.64. The smallest absolute Gasteiger partial charge is 0.315 e. The van der Waals surface area contributed by atoms with Gasteiger partial charge in [0.25, 0.3) is 0 Å². The van der Waals surface area contributed by atoms with E-state index in [-0.39, 0.29) is 11.4 Å². The number of nitrogens with one attached hydrogen (secondary N) is 1. The average Bonchev–Trinajstić information content (AvgIpc) is 2.33. The van der Waals surface area contributed by atoms with Crippen LogP contribution in [0.3, 0.4) is 0 Å². The van der Waals surface area contributed by atoms with Gasteiger partial charge in [-0.05, 0) is 36.8 Å². The van der Waals surface area contributed by atoms with Crippen molar-refractivity contribution < 1.29 is 4.92 Å². The molecule has 0 saturated carbocycles. The van der Waals surface area contributed by atoms with E-state index in [9.17, 15) is 10.1 Å². The van der Waals surface area contributed by atoms with Gasteiger partial charge in [-0.25, -0.2) is 0 Å². The van der Waals surface area contributed by atoms with E-state index in [0.717, 1.165) is 5.56 Å². The molecule has 19 heavy (non-hydrogen) atoms. The number of anilines is 3. The maximum Gasteiger partial charge on any atom is 0.315 e. The summed E-state index contributed by atoms with van der Waals surface area (Å²) in [6.07, 6.45) is 0. The summed E-state index contributed by atoms with van der Waals surface area (Å²) in [6.45, 7) is 1.91. The number of hydrogen-bond acceptors (Lipinski definition) is 4. The van der Waals surface area contributed by atoms with Crippen LogP contribution in [0.4, 0.5) is 22.7 Å². The molecule has 2 aromatic rings. The maximum absolute atomic E-state index is 11.0. The van der Waals surface area contributed by atoms with Crippen LogP contribution in [-0.2, 0) is 0 Å². The second-order valence-corrected chi connectivity index (χ2v) is 4.52. The van der Waals surface area contributed by atoms with Gasteiger partial charge in [-0.15, -0.1) is 0 Å². The molecule has 0 spiro atoms. The van der Waals surface area contributed by atoms with Crippen molar-refractivity contribution in [2.45, 2.75) is 6.92 Å². The molecule has 0 radical (unpaired) electrons. The lowest BCUT2D eigenvalue weighted by atomic mass is 10.2. The summed E-state index contributed by atoms with van der Waals surface area (Å²) in [6, 6.07) is 10.1. The Labute approximate surface area is 115 Å². The lowest BCUT2D eigenvalue weighted by molar-refractivity contribution is -0.383. The van der Waals surface area contributed by atoms with Crippen molar-refractivity contribution in [3.8, 4) is 0 Å². The molecule has 2 rings (SSSR count). The predicted octanol–water partition coefficient (Wildman–Crippen LogP) is 3.88. The molecule has 0 aliphatic carbocycles. The van der Waals surface area contributed by atoms with Crippen LogP contribution < -0.4 is 11.1 Å². The molecule has 0 amide bonds. The molecule has 0 aliphatic rings. The summed E-state index contributed by atoms with van der Waals surface area (Å²) in [5.41, 5.74) is 7.51. The maximum atomic E-state index is 11.0. The largest absolute Gasteiger partial charge is 0.393 e. The Morgan fingerprint density at radius 1 is 1.26 bits per heavy atom. The number of nitro benzene ring substituents is 1. The van der Waals surface area contributed by atoms with Crippen LogP contribution in [0.15, 0.2) is 36.4 Å². The van der Waals surface area contributed by atoms with E-state index >= 15 is 0 Å². The van der Waals surface area contributed by atoms with Crippen molar-refractivity contribution >= 4 is 34.4 Å². The van der Waals surface area contributed by atoms with Crippen LogP contribution in [0, 0.1) is 17.0 Å². The number of benzene rings is 2. The quantitative estimate of drug-likeness (QED) is 0.507. The highest BCUT2D eigenvalue weighted by atomic mass is 35.5. The molecule has 0 heterocycles. The number of rotatable bonds is 3. The first-order valence-electron chi connectivity index (χ1n) is 5.55. The van der Waals surface area contributed by atoms with Crippen molar-refractivity contribution in [1.29, 1.82) is 0 Å². The molecule has 0 bridgehead atoms. The second kappa shape index (κ2) is 5.16. The molecule has 0 aromatic heterocycles. The molecule has 2 aromatic carbocycles. The van der Waals surface area contributed by atoms with Crippen molar-refractivity contribution in [3.05, 3.63) is 57.1 Å². The minimum absolute atomic E-state index is 0.110. The Bertz CT molecular complexity index is 644. The summed E-state index contributed by atoms with van der Waals surface area (Å²) in [7, 11) is 0. The van der Waals surface area contributed by atoms with Crippen molar-refractivity contribution in [3.63, 3.8) is 0 Å². The number of nitrogens with two attached hydrogens (primary N) is 1. The Morgan fingerprint density at radius 3 is 2.68 bits per heavy atom. The number of halogens is 1. The van der Waals surface area contributed by atoms with E-state index in [4.69, 9.17) is 17.3 Å². The molecular weight excluding hydrogens is 266 g/mol. The third kappa shape index (κ3) is 2.77. The summed E-state index contributed by atoms with van der Waals surface area (Å²) in [5.74, 6) is 0. The minimum atomic E-state index is -0.513. The van der Waals surface area contributed by atoms with E-state index in [1.807, 2.05) is 19.1 Å². The molecule has 6 heteroatoms.